The van der Waals surface area contributed by atoms with Crippen LogP contribution in [0.25, 0.3) is 0 Å². The number of likely N-dealkylation sites (tertiary alicyclic amines) is 1. The molecule has 0 bridgehead atoms. The molecule has 1 aromatic heterocycles. The minimum absolute atomic E-state index is 0.120. The minimum atomic E-state index is -0.177. The summed E-state index contributed by atoms with van der Waals surface area (Å²) in [5.41, 5.74) is 2.31. The van der Waals surface area contributed by atoms with E-state index >= 15 is 0 Å². The van der Waals surface area contributed by atoms with E-state index in [1.807, 2.05) is 43.0 Å². The third-order valence-electron chi connectivity index (χ3n) is 5.40. The lowest BCUT2D eigenvalue weighted by Crippen LogP contribution is -2.38. The van der Waals surface area contributed by atoms with Gasteiger partial charge in [-0.05, 0) is 44.4 Å². The number of nitrogens with zero attached hydrogens (tertiary/aromatic N) is 3. The normalized spacial score (nSPS) is 14.8. The summed E-state index contributed by atoms with van der Waals surface area (Å²) in [4.78, 5) is 30.7. The molecule has 0 saturated carbocycles. The maximum absolute atomic E-state index is 12.7. The predicted octanol–water partition coefficient (Wildman–Crippen LogP) is 2.62. The van der Waals surface area contributed by atoms with Gasteiger partial charge in [-0.1, -0.05) is 12.1 Å². The van der Waals surface area contributed by atoms with E-state index in [0.29, 0.717) is 12.2 Å². The summed E-state index contributed by atoms with van der Waals surface area (Å²) in [5, 5.41) is 2.95. The zero-order valence-corrected chi connectivity index (χ0v) is 17.0. The van der Waals surface area contributed by atoms with Crippen LogP contribution in [0.1, 0.15) is 53.4 Å². The predicted molar refractivity (Wildman–Crippen MR) is 106 cm³/mol. The number of piperidine rings is 1. The smallest absolute Gasteiger partial charge is 0.272 e. The number of hydrogen-bond acceptors (Lipinski definition) is 4. The Morgan fingerprint density at radius 1 is 1.25 bits per heavy atom. The molecule has 1 aliphatic heterocycles. The summed E-state index contributed by atoms with van der Waals surface area (Å²) in [7, 11) is 1.62. The van der Waals surface area contributed by atoms with Gasteiger partial charge in [-0.25, -0.2) is 4.98 Å². The quantitative estimate of drug-likeness (QED) is 0.860. The van der Waals surface area contributed by atoms with E-state index in [2.05, 4.69) is 14.9 Å². The van der Waals surface area contributed by atoms with Gasteiger partial charge in [0.1, 0.15) is 17.3 Å². The number of benzene rings is 1. The van der Waals surface area contributed by atoms with Crippen LogP contribution < -0.4 is 10.1 Å². The molecule has 0 unspecified atom stereocenters. The molecule has 1 aromatic carbocycles. The molecule has 2 aromatic rings. The number of ether oxygens (including phenoxy) is 1. The number of carbonyl (C=O) groups is 2. The maximum atomic E-state index is 12.7. The highest BCUT2D eigenvalue weighted by Crippen LogP contribution is 2.27. The van der Waals surface area contributed by atoms with Crippen molar-refractivity contribution < 1.29 is 14.3 Å². The standard InChI is InChI=1S/C21H28N4O3/c1-14-20(21(27)22-13-17-6-5-7-19(12-17)28-4)23-15(2)25(14)18-8-10-24(11-9-18)16(3)26/h5-7,12,18H,8-11,13H2,1-4H3,(H,22,27). The number of imidazole rings is 1. The number of aryl methyl sites for hydroxylation is 1. The van der Waals surface area contributed by atoms with Gasteiger partial charge < -0.3 is 19.5 Å². The van der Waals surface area contributed by atoms with E-state index in [9.17, 15) is 9.59 Å². The first-order chi connectivity index (χ1) is 13.4. The first-order valence-corrected chi connectivity index (χ1v) is 9.62. The largest absolute Gasteiger partial charge is 0.497 e. The number of aromatic nitrogens is 2. The van der Waals surface area contributed by atoms with Crippen LogP contribution >= 0.6 is 0 Å². The van der Waals surface area contributed by atoms with Crippen molar-refractivity contribution in [2.24, 2.45) is 0 Å². The lowest BCUT2D eigenvalue weighted by atomic mass is 10.0. The van der Waals surface area contributed by atoms with Crippen LogP contribution in [0.15, 0.2) is 24.3 Å². The average Bonchev–Trinajstić information content (AvgIpc) is 3.00. The van der Waals surface area contributed by atoms with Crippen LogP contribution in [-0.2, 0) is 11.3 Å². The van der Waals surface area contributed by atoms with Gasteiger partial charge in [0.15, 0.2) is 0 Å². The summed E-state index contributed by atoms with van der Waals surface area (Å²) in [6.45, 7) is 7.39. The SMILES string of the molecule is COc1cccc(CNC(=O)c2nc(C)n(C3CCN(C(C)=O)CC3)c2C)c1. The highest BCUT2D eigenvalue weighted by atomic mass is 16.5. The monoisotopic (exact) mass is 384 g/mol. The lowest BCUT2D eigenvalue weighted by molar-refractivity contribution is -0.130. The van der Waals surface area contributed by atoms with E-state index in [0.717, 1.165) is 48.8 Å². The molecule has 0 spiro atoms. The zero-order chi connectivity index (χ0) is 20.3. The van der Waals surface area contributed by atoms with Crippen molar-refractivity contribution in [3.05, 3.63) is 47.0 Å². The fourth-order valence-corrected chi connectivity index (χ4v) is 3.89. The fourth-order valence-electron chi connectivity index (χ4n) is 3.89. The molecule has 2 amide bonds. The molecule has 0 atom stereocenters. The van der Waals surface area contributed by atoms with Crippen molar-refractivity contribution in [1.29, 1.82) is 0 Å². The summed E-state index contributed by atoms with van der Waals surface area (Å²) in [6.07, 6.45) is 1.75. The van der Waals surface area contributed by atoms with Gasteiger partial charge in [-0.3, -0.25) is 9.59 Å². The van der Waals surface area contributed by atoms with E-state index < -0.39 is 0 Å². The second-order valence-electron chi connectivity index (χ2n) is 7.23. The first kappa shape index (κ1) is 19.9. The van der Waals surface area contributed by atoms with Crippen molar-refractivity contribution in [3.8, 4) is 5.75 Å². The van der Waals surface area contributed by atoms with Crippen LogP contribution in [0.4, 0.5) is 0 Å². The summed E-state index contributed by atoms with van der Waals surface area (Å²) in [6, 6.07) is 7.89. The molecule has 7 heteroatoms. The molecule has 1 aliphatic rings. The van der Waals surface area contributed by atoms with Crippen molar-refractivity contribution >= 4 is 11.8 Å². The Morgan fingerprint density at radius 3 is 2.61 bits per heavy atom. The molecule has 150 valence electrons. The maximum Gasteiger partial charge on any atom is 0.272 e. The molecule has 28 heavy (non-hydrogen) atoms. The molecule has 3 rings (SSSR count). The number of methoxy groups -OCH3 is 1. The first-order valence-electron chi connectivity index (χ1n) is 9.62. The summed E-state index contributed by atoms with van der Waals surface area (Å²) >= 11 is 0. The van der Waals surface area contributed by atoms with Crippen molar-refractivity contribution in [1.82, 2.24) is 19.8 Å². The number of hydrogen-bond donors (Lipinski definition) is 1. The van der Waals surface area contributed by atoms with Crippen molar-refractivity contribution in [3.63, 3.8) is 0 Å². The Bertz CT molecular complexity index is 867. The van der Waals surface area contributed by atoms with E-state index in [-0.39, 0.29) is 17.9 Å². The third-order valence-corrected chi connectivity index (χ3v) is 5.40. The van der Waals surface area contributed by atoms with E-state index in [1.165, 1.54) is 0 Å². The van der Waals surface area contributed by atoms with Crippen LogP contribution in [0.2, 0.25) is 0 Å². The van der Waals surface area contributed by atoms with Gasteiger partial charge in [-0.15, -0.1) is 0 Å². The number of carbonyl (C=O) groups excluding carboxylic acids is 2. The van der Waals surface area contributed by atoms with Gasteiger partial charge in [-0.2, -0.15) is 0 Å². The van der Waals surface area contributed by atoms with Crippen LogP contribution in [0.3, 0.4) is 0 Å². The molecular formula is C21H28N4O3. The highest BCUT2D eigenvalue weighted by Gasteiger charge is 2.26. The molecule has 7 nitrogen and oxygen atoms in total. The molecule has 1 saturated heterocycles. The van der Waals surface area contributed by atoms with Gasteiger partial charge in [0.05, 0.1) is 7.11 Å². The van der Waals surface area contributed by atoms with Crippen molar-refractivity contribution in [2.45, 2.75) is 46.2 Å². The van der Waals surface area contributed by atoms with Crippen LogP contribution in [0, 0.1) is 13.8 Å². The minimum Gasteiger partial charge on any atom is -0.497 e. The third kappa shape index (κ3) is 4.18. The van der Waals surface area contributed by atoms with Gasteiger partial charge in [0.2, 0.25) is 5.91 Å². The second-order valence-corrected chi connectivity index (χ2v) is 7.23. The Morgan fingerprint density at radius 2 is 1.96 bits per heavy atom. The fraction of sp³-hybridized carbons (Fsp3) is 0.476. The topological polar surface area (TPSA) is 76.5 Å². The molecule has 1 fully saturated rings. The van der Waals surface area contributed by atoms with Crippen molar-refractivity contribution in [2.75, 3.05) is 20.2 Å². The van der Waals surface area contributed by atoms with Crippen LogP contribution in [0.5, 0.6) is 5.75 Å². The molecular weight excluding hydrogens is 356 g/mol. The van der Waals surface area contributed by atoms with E-state index in [4.69, 9.17) is 4.74 Å². The van der Waals surface area contributed by atoms with Crippen LogP contribution in [-0.4, -0.2) is 46.5 Å². The Kier molecular flexibility index (Phi) is 6.02. The molecule has 0 aliphatic carbocycles. The highest BCUT2D eigenvalue weighted by molar-refractivity contribution is 5.93. The number of rotatable bonds is 5. The lowest BCUT2D eigenvalue weighted by Gasteiger charge is -2.33. The molecule has 1 N–H and O–H groups in total. The Labute approximate surface area is 165 Å². The van der Waals surface area contributed by atoms with Gasteiger partial charge >= 0.3 is 0 Å². The molecule has 2 heterocycles. The van der Waals surface area contributed by atoms with Gasteiger partial charge in [0, 0.05) is 38.3 Å². The molecule has 0 radical (unpaired) electrons. The summed E-state index contributed by atoms with van der Waals surface area (Å²) < 4.78 is 7.37. The summed E-state index contributed by atoms with van der Waals surface area (Å²) in [5.74, 6) is 1.55. The Balaban J connectivity index is 1.69. The average molecular weight is 384 g/mol. The second kappa shape index (κ2) is 8.46. The zero-order valence-electron chi connectivity index (χ0n) is 17.0. The number of amides is 2. The van der Waals surface area contributed by atoms with Gasteiger partial charge in [0.25, 0.3) is 5.91 Å². The van der Waals surface area contributed by atoms with E-state index in [1.54, 1.807) is 14.0 Å². The number of nitrogens with one attached hydrogen (secondary N) is 1. The Hall–Kier alpha value is -2.83.